The van der Waals surface area contributed by atoms with Gasteiger partial charge in [-0.25, -0.2) is 0 Å². The number of ether oxygens (including phenoxy) is 1. The van der Waals surface area contributed by atoms with Crippen molar-refractivity contribution in [3.8, 4) is 11.5 Å². The number of hydrogen-bond acceptors (Lipinski definition) is 3. The quantitative estimate of drug-likeness (QED) is 0.551. The molecule has 3 nitrogen and oxygen atoms in total. The Bertz CT molecular complexity index is 917. The molecular formula is C27H38O3. The maximum Gasteiger partial charge on any atom is 0.138 e. The second kappa shape index (κ2) is 6.04. The lowest BCUT2D eigenvalue weighted by molar-refractivity contribution is -0.206. The lowest BCUT2D eigenvalue weighted by Crippen LogP contribution is -2.65. The number of ketones is 1. The molecule has 0 unspecified atom stereocenters. The monoisotopic (exact) mass is 410 g/mol. The molecule has 1 N–H and O–H groups in total. The standard InChI is InChI=1S/C27H38O3/c1-16-13-18(28)14-17-15-21-26(5)10-7-19-24(2,3)22(29)9-11-25(19,4)20(26)8-12-27(21,6)30-23(16)17/h13-14,19-21,28H,7-12,15H2,1-6H3/t19-,20+,21-,25-,26+,27+/m0/s1. The lowest BCUT2D eigenvalue weighted by Gasteiger charge is -2.68. The molecule has 3 heteroatoms. The summed E-state index contributed by atoms with van der Waals surface area (Å²) in [5, 5.41) is 10.2. The fourth-order valence-electron chi connectivity index (χ4n) is 8.92. The molecule has 0 bridgehead atoms. The van der Waals surface area contributed by atoms with E-state index < -0.39 is 0 Å². The molecule has 0 saturated heterocycles. The van der Waals surface area contributed by atoms with Crippen LogP contribution in [0.5, 0.6) is 11.5 Å². The maximum absolute atomic E-state index is 12.8. The van der Waals surface area contributed by atoms with Crippen molar-refractivity contribution in [2.24, 2.45) is 34.0 Å². The Labute approximate surface area is 181 Å². The number of Topliss-reactive ketones (excluding diaryl/α,β-unsaturated/α-hetero) is 1. The molecule has 0 amide bonds. The average Bonchev–Trinajstić information content (AvgIpc) is 2.64. The van der Waals surface area contributed by atoms with E-state index in [1.165, 1.54) is 18.4 Å². The van der Waals surface area contributed by atoms with Crippen LogP contribution in [-0.4, -0.2) is 16.5 Å². The molecule has 5 rings (SSSR count). The van der Waals surface area contributed by atoms with Gasteiger partial charge in [-0.15, -0.1) is 0 Å². The Morgan fingerprint density at radius 3 is 2.33 bits per heavy atom. The minimum atomic E-state index is -0.201. The predicted molar refractivity (Wildman–Crippen MR) is 119 cm³/mol. The Hall–Kier alpha value is -1.51. The van der Waals surface area contributed by atoms with Gasteiger partial charge in [-0.05, 0) is 98.3 Å². The summed E-state index contributed by atoms with van der Waals surface area (Å²) in [5.74, 6) is 3.36. The van der Waals surface area contributed by atoms with Crippen LogP contribution in [0, 0.1) is 40.9 Å². The Morgan fingerprint density at radius 1 is 0.933 bits per heavy atom. The number of fused-ring (bicyclic) bond motifs is 6. The number of aryl methyl sites for hydroxylation is 1. The first-order valence-electron chi connectivity index (χ1n) is 12.0. The fraction of sp³-hybridized carbons (Fsp3) is 0.741. The van der Waals surface area contributed by atoms with Crippen LogP contribution in [0.3, 0.4) is 0 Å². The number of phenols is 1. The molecule has 3 aliphatic carbocycles. The highest BCUT2D eigenvalue weighted by molar-refractivity contribution is 5.85. The van der Waals surface area contributed by atoms with Crippen LogP contribution in [0.15, 0.2) is 12.1 Å². The van der Waals surface area contributed by atoms with E-state index in [9.17, 15) is 9.90 Å². The first-order chi connectivity index (χ1) is 13.9. The predicted octanol–water partition coefficient (Wildman–Crippen LogP) is 6.23. The molecule has 4 aliphatic rings. The van der Waals surface area contributed by atoms with E-state index in [2.05, 4.69) is 34.6 Å². The summed E-state index contributed by atoms with van der Waals surface area (Å²) in [6, 6.07) is 3.74. The van der Waals surface area contributed by atoms with Gasteiger partial charge in [0.1, 0.15) is 22.9 Å². The maximum atomic E-state index is 12.8. The smallest absolute Gasteiger partial charge is 0.138 e. The third-order valence-electron chi connectivity index (χ3n) is 10.4. The van der Waals surface area contributed by atoms with Crippen molar-refractivity contribution in [3.05, 3.63) is 23.3 Å². The minimum absolute atomic E-state index is 0.150. The van der Waals surface area contributed by atoms with Gasteiger partial charge in [0, 0.05) is 17.8 Å². The Kier molecular flexibility index (Phi) is 4.11. The van der Waals surface area contributed by atoms with Gasteiger partial charge in [0.25, 0.3) is 0 Å². The van der Waals surface area contributed by atoms with Crippen molar-refractivity contribution in [3.63, 3.8) is 0 Å². The zero-order valence-corrected chi connectivity index (χ0v) is 19.6. The lowest BCUT2D eigenvalue weighted by atomic mass is 9.37. The van der Waals surface area contributed by atoms with E-state index in [0.717, 1.165) is 43.4 Å². The highest BCUT2D eigenvalue weighted by Crippen LogP contribution is 2.70. The fourth-order valence-corrected chi connectivity index (χ4v) is 8.92. The molecule has 1 aromatic rings. The second-order valence-electron chi connectivity index (χ2n) is 12.3. The van der Waals surface area contributed by atoms with Crippen molar-refractivity contribution < 1.29 is 14.6 Å². The normalized spacial score (nSPS) is 44.2. The number of aromatic hydroxyl groups is 1. The van der Waals surface area contributed by atoms with E-state index in [0.29, 0.717) is 29.3 Å². The van der Waals surface area contributed by atoms with Crippen LogP contribution >= 0.6 is 0 Å². The first-order valence-corrected chi connectivity index (χ1v) is 12.0. The van der Waals surface area contributed by atoms with Gasteiger partial charge >= 0.3 is 0 Å². The molecule has 0 radical (unpaired) electrons. The molecule has 1 aromatic carbocycles. The molecular weight excluding hydrogens is 372 g/mol. The second-order valence-corrected chi connectivity index (χ2v) is 12.3. The zero-order chi connectivity index (χ0) is 21.7. The molecule has 0 spiro atoms. The minimum Gasteiger partial charge on any atom is -0.508 e. The molecule has 6 atom stereocenters. The summed E-state index contributed by atoms with van der Waals surface area (Å²) in [6.07, 6.45) is 7.34. The Balaban J connectivity index is 1.57. The van der Waals surface area contributed by atoms with Gasteiger partial charge in [0.15, 0.2) is 0 Å². The summed E-state index contributed by atoms with van der Waals surface area (Å²) in [6.45, 7) is 13.8. The summed E-state index contributed by atoms with van der Waals surface area (Å²) in [5.41, 5.74) is 2.28. The third kappa shape index (κ3) is 2.47. The highest BCUT2D eigenvalue weighted by Gasteiger charge is 2.66. The number of benzene rings is 1. The number of hydrogen-bond donors (Lipinski definition) is 1. The first kappa shape index (κ1) is 20.4. The molecule has 0 aromatic heterocycles. The van der Waals surface area contributed by atoms with Gasteiger partial charge in [0.05, 0.1) is 0 Å². The van der Waals surface area contributed by atoms with E-state index in [-0.39, 0.29) is 21.8 Å². The summed E-state index contributed by atoms with van der Waals surface area (Å²) >= 11 is 0. The van der Waals surface area contributed by atoms with Gasteiger partial charge in [-0.1, -0.05) is 27.7 Å². The van der Waals surface area contributed by atoms with Crippen LogP contribution in [0.1, 0.15) is 84.3 Å². The number of carbonyl (C=O) groups is 1. The van der Waals surface area contributed by atoms with Crippen LogP contribution < -0.4 is 4.74 Å². The molecule has 3 saturated carbocycles. The summed E-state index contributed by atoms with van der Waals surface area (Å²) < 4.78 is 6.79. The van der Waals surface area contributed by atoms with E-state index in [4.69, 9.17) is 4.74 Å². The third-order valence-corrected chi connectivity index (χ3v) is 10.4. The van der Waals surface area contributed by atoms with E-state index in [1.807, 2.05) is 19.1 Å². The zero-order valence-electron chi connectivity index (χ0n) is 19.6. The highest BCUT2D eigenvalue weighted by atomic mass is 16.5. The molecule has 164 valence electrons. The number of phenolic OH excluding ortho intramolecular Hbond substituents is 1. The average molecular weight is 411 g/mol. The van der Waals surface area contributed by atoms with Gasteiger partial charge in [-0.2, -0.15) is 0 Å². The SMILES string of the molecule is Cc1cc(O)cc2c1O[C@]1(C)CC[C@@H]3[C@@]4(C)CCC(=O)C(C)(C)[C@@H]4CC[C@@]3(C)[C@@H]1C2. The van der Waals surface area contributed by atoms with Crippen molar-refractivity contribution in [2.75, 3.05) is 0 Å². The van der Waals surface area contributed by atoms with Crippen LogP contribution in [-0.2, 0) is 11.2 Å². The van der Waals surface area contributed by atoms with Crippen molar-refractivity contribution in [2.45, 2.75) is 92.1 Å². The van der Waals surface area contributed by atoms with Crippen molar-refractivity contribution >= 4 is 5.78 Å². The van der Waals surface area contributed by atoms with Gasteiger partial charge < -0.3 is 9.84 Å². The molecule has 3 fully saturated rings. The molecule has 30 heavy (non-hydrogen) atoms. The topological polar surface area (TPSA) is 46.5 Å². The van der Waals surface area contributed by atoms with Crippen LogP contribution in [0.2, 0.25) is 0 Å². The summed E-state index contributed by atoms with van der Waals surface area (Å²) in [4.78, 5) is 12.8. The molecule has 1 heterocycles. The van der Waals surface area contributed by atoms with E-state index >= 15 is 0 Å². The number of carbonyl (C=O) groups excluding carboxylic acids is 1. The summed E-state index contributed by atoms with van der Waals surface area (Å²) in [7, 11) is 0. The molecule has 1 aliphatic heterocycles. The van der Waals surface area contributed by atoms with Crippen LogP contribution in [0.4, 0.5) is 0 Å². The van der Waals surface area contributed by atoms with Crippen molar-refractivity contribution in [1.82, 2.24) is 0 Å². The van der Waals surface area contributed by atoms with Crippen LogP contribution in [0.25, 0.3) is 0 Å². The number of rotatable bonds is 0. The van der Waals surface area contributed by atoms with Gasteiger partial charge in [-0.3, -0.25) is 4.79 Å². The van der Waals surface area contributed by atoms with Crippen molar-refractivity contribution in [1.29, 1.82) is 0 Å². The largest absolute Gasteiger partial charge is 0.508 e. The van der Waals surface area contributed by atoms with E-state index in [1.54, 1.807) is 0 Å². The van der Waals surface area contributed by atoms with Gasteiger partial charge in [0.2, 0.25) is 0 Å². The Morgan fingerprint density at radius 2 is 1.60 bits per heavy atom.